The number of fused-ring (bicyclic) bond motifs is 3. The lowest BCUT2D eigenvalue weighted by Gasteiger charge is -2.13. The molecule has 34 heavy (non-hydrogen) atoms. The molecule has 169 valence electrons. The van der Waals surface area contributed by atoms with Gasteiger partial charge in [-0.3, -0.25) is 4.79 Å². The lowest BCUT2D eigenvalue weighted by atomic mass is 10.0. The first-order valence-corrected chi connectivity index (χ1v) is 10.4. The van der Waals surface area contributed by atoms with Crippen molar-refractivity contribution in [1.29, 1.82) is 0 Å². The van der Waals surface area contributed by atoms with Crippen LogP contribution in [0, 0.1) is 11.9 Å². The van der Waals surface area contributed by atoms with Gasteiger partial charge in [0.15, 0.2) is 0 Å². The minimum Gasteiger partial charge on any atom is -0.366 e. The summed E-state index contributed by atoms with van der Waals surface area (Å²) < 4.78 is 56.5. The van der Waals surface area contributed by atoms with E-state index in [1.807, 2.05) is 36.4 Å². The van der Waals surface area contributed by atoms with E-state index in [-0.39, 0.29) is 17.7 Å². The predicted octanol–water partition coefficient (Wildman–Crippen LogP) is 6.57. The number of aromatic nitrogens is 1. The number of halogens is 4. The van der Waals surface area contributed by atoms with Gasteiger partial charge >= 0.3 is 6.18 Å². The van der Waals surface area contributed by atoms with Gasteiger partial charge in [0.25, 0.3) is 0 Å². The summed E-state index contributed by atoms with van der Waals surface area (Å²) in [6.07, 6.45) is -4.81. The summed E-state index contributed by atoms with van der Waals surface area (Å²) in [5.41, 5.74) is 7.30. The standard InChI is InChI=1S/C27H17F4N2O/c28-25-18(8-4-10-21(25)27(29,30)31)15-33-22-11-5-9-20(26(32)34)24(22)19-13-12-17(14-23(19)33)16-6-2-1-3-7-16/h1-12,14H,15H2,(H2,32,34). The van der Waals surface area contributed by atoms with E-state index in [0.29, 0.717) is 21.8 Å². The molecule has 0 saturated carbocycles. The summed E-state index contributed by atoms with van der Waals surface area (Å²) in [6.45, 7) is -0.177. The molecule has 7 heteroatoms. The molecule has 1 heterocycles. The molecule has 2 N–H and O–H groups in total. The third-order valence-corrected chi connectivity index (χ3v) is 5.88. The van der Waals surface area contributed by atoms with Crippen LogP contribution >= 0.6 is 0 Å². The number of hydrogen-bond donors (Lipinski definition) is 1. The van der Waals surface area contributed by atoms with E-state index in [2.05, 4.69) is 6.07 Å². The van der Waals surface area contributed by atoms with Gasteiger partial charge in [-0.25, -0.2) is 4.39 Å². The fourth-order valence-electron chi connectivity index (χ4n) is 4.32. The number of carbonyl (C=O) groups excluding carboxylic acids is 1. The fraction of sp³-hybridized carbons (Fsp3) is 0.0741. The van der Waals surface area contributed by atoms with E-state index in [0.717, 1.165) is 17.2 Å². The van der Waals surface area contributed by atoms with Crippen molar-refractivity contribution in [2.75, 3.05) is 0 Å². The average Bonchev–Trinajstić information content (AvgIpc) is 3.13. The summed E-state index contributed by atoms with van der Waals surface area (Å²) in [5.74, 6) is -1.96. The second-order valence-electron chi connectivity index (χ2n) is 7.94. The number of primary amides is 1. The molecule has 4 aromatic carbocycles. The monoisotopic (exact) mass is 461 g/mol. The molecule has 0 aliphatic heterocycles. The van der Waals surface area contributed by atoms with E-state index < -0.39 is 23.5 Å². The second-order valence-corrected chi connectivity index (χ2v) is 7.94. The highest BCUT2D eigenvalue weighted by Gasteiger charge is 2.35. The molecule has 5 aromatic rings. The van der Waals surface area contributed by atoms with Crippen molar-refractivity contribution >= 4 is 27.7 Å². The molecule has 1 aromatic heterocycles. The van der Waals surface area contributed by atoms with Gasteiger partial charge in [0.2, 0.25) is 5.91 Å². The Morgan fingerprint density at radius 1 is 0.912 bits per heavy atom. The number of carbonyl (C=O) groups is 1. The number of hydrogen-bond acceptors (Lipinski definition) is 1. The quantitative estimate of drug-likeness (QED) is 0.303. The van der Waals surface area contributed by atoms with Crippen LogP contribution in [0.25, 0.3) is 32.9 Å². The van der Waals surface area contributed by atoms with Gasteiger partial charge in [0.05, 0.1) is 23.1 Å². The topological polar surface area (TPSA) is 48.0 Å². The Labute approximate surface area is 192 Å². The maximum absolute atomic E-state index is 14.9. The van der Waals surface area contributed by atoms with Gasteiger partial charge in [0.1, 0.15) is 5.82 Å². The zero-order chi connectivity index (χ0) is 24.0. The average molecular weight is 461 g/mol. The Morgan fingerprint density at radius 3 is 2.35 bits per heavy atom. The first kappa shape index (κ1) is 21.7. The Bertz CT molecular complexity index is 1550. The first-order chi connectivity index (χ1) is 16.3. The molecule has 3 nitrogen and oxygen atoms in total. The normalized spacial score (nSPS) is 11.9. The molecule has 1 amide bonds. The van der Waals surface area contributed by atoms with Crippen LogP contribution in [-0.4, -0.2) is 10.5 Å². The van der Waals surface area contributed by atoms with E-state index in [1.54, 1.807) is 28.8 Å². The molecule has 5 rings (SSSR count). The van der Waals surface area contributed by atoms with Crippen molar-refractivity contribution in [3.63, 3.8) is 0 Å². The molecular formula is C27H17F4N2O. The van der Waals surface area contributed by atoms with Crippen LogP contribution in [0.3, 0.4) is 0 Å². The Balaban J connectivity index is 1.79. The van der Waals surface area contributed by atoms with E-state index in [4.69, 9.17) is 5.73 Å². The van der Waals surface area contributed by atoms with Crippen LogP contribution < -0.4 is 5.73 Å². The third kappa shape index (κ3) is 3.59. The third-order valence-electron chi connectivity index (χ3n) is 5.88. The predicted molar refractivity (Wildman–Crippen MR) is 123 cm³/mol. The molecule has 0 saturated heterocycles. The van der Waals surface area contributed by atoms with Crippen molar-refractivity contribution in [1.82, 2.24) is 4.57 Å². The van der Waals surface area contributed by atoms with Crippen LogP contribution in [0.15, 0.2) is 78.9 Å². The Morgan fingerprint density at radius 2 is 1.65 bits per heavy atom. The van der Waals surface area contributed by atoms with Gasteiger partial charge in [0, 0.05) is 21.9 Å². The maximum atomic E-state index is 14.9. The highest BCUT2D eigenvalue weighted by molar-refractivity contribution is 6.18. The van der Waals surface area contributed by atoms with Gasteiger partial charge in [-0.1, -0.05) is 48.5 Å². The molecule has 0 fully saturated rings. The fourth-order valence-corrected chi connectivity index (χ4v) is 4.32. The Kier molecular flexibility index (Phi) is 5.12. The molecule has 0 bridgehead atoms. The number of nitrogens with zero attached hydrogens (tertiary/aromatic N) is 1. The number of alkyl halides is 3. The first-order valence-electron chi connectivity index (χ1n) is 10.4. The van der Waals surface area contributed by atoms with Gasteiger partial charge in [-0.05, 0) is 47.5 Å². The van der Waals surface area contributed by atoms with Crippen LogP contribution in [0.2, 0.25) is 0 Å². The van der Waals surface area contributed by atoms with Crippen LogP contribution in [0.1, 0.15) is 21.5 Å². The summed E-state index contributed by atoms with van der Waals surface area (Å²) in [7, 11) is 0. The number of nitrogens with two attached hydrogens (primary N) is 1. The summed E-state index contributed by atoms with van der Waals surface area (Å²) in [5, 5.41) is 1.11. The lowest BCUT2D eigenvalue weighted by Crippen LogP contribution is -2.12. The SMILES string of the molecule is NC(=O)c1cccc2c1c1[c]cc(-c3ccccc3)cc1n2Cc1cccc(C(F)(F)F)c1F. The molecule has 0 aliphatic carbocycles. The molecule has 0 aliphatic rings. The van der Waals surface area contributed by atoms with Crippen molar-refractivity contribution in [2.24, 2.45) is 5.73 Å². The Hall–Kier alpha value is -4.13. The summed E-state index contributed by atoms with van der Waals surface area (Å²) in [4.78, 5) is 12.1. The molecular weight excluding hydrogens is 444 g/mol. The van der Waals surface area contributed by atoms with Gasteiger partial charge in [-0.15, -0.1) is 0 Å². The van der Waals surface area contributed by atoms with Gasteiger partial charge in [-0.2, -0.15) is 13.2 Å². The maximum Gasteiger partial charge on any atom is 0.419 e. The van der Waals surface area contributed by atoms with Crippen LogP contribution in [-0.2, 0) is 12.7 Å². The highest BCUT2D eigenvalue weighted by atomic mass is 19.4. The zero-order valence-electron chi connectivity index (χ0n) is 17.7. The van der Waals surface area contributed by atoms with Crippen molar-refractivity contribution < 1.29 is 22.4 Å². The van der Waals surface area contributed by atoms with E-state index in [9.17, 15) is 22.4 Å². The molecule has 1 radical (unpaired) electrons. The molecule has 0 unspecified atom stereocenters. The number of rotatable bonds is 4. The minimum absolute atomic E-state index is 0.122. The second kappa shape index (κ2) is 8.02. The zero-order valence-corrected chi connectivity index (χ0v) is 17.7. The molecule has 0 spiro atoms. The van der Waals surface area contributed by atoms with Crippen molar-refractivity contribution in [3.8, 4) is 11.1 Å². The lowest BCUT2D eigenvalue weighted by molar-refractivity contribution is -0.140. The molecule has 0 atom stereocenters. The summed E-state index contributed by atoms with van der Waals surface area (Å²) >= 11 is 0. The minimum atomic E-state index is -4.81. The number of amides is 1. The largest absolute Gasteiger partial charge is 0.419 e. The van der Waals surface area contributed by atoms with E-state index in [1.165, 1.54) is 12.1 Å². The van der Waals surface area contributed by atoms with E-state index >= 15 is 0 Å². The van der Waals surface area contributed by atoms with Crippen molar-refractivity contribution in [2.45, 2.75) is 12.7 Å². The smallest absolute Gasteiger partial charge is 0.366 e. The van der Waals surface area contributed by atoms with Gasteiger partial charge < -0.3 is 10.3 Å². The van der Waals surface area contributed by atoms with Crippen LogP contribution in [0.4, 0.5) is 17.6 Å². The highest BCUT2D eigenvalue weighted by Crippen LogP contribution is 2.36. The van der Waals surface area contributed by atoms with Crippen molar-refractivity contribution in [3.05, 3.63) is 107 Å². The van der Waals surface area contributed by atoms with Crippen LogP contribution in [0.5, 0.6) is 0 Å². The number of benzene rings is 4. The summed E-state index contributed by atoms with van der Waals surface area (Å²) in [6, 6.07) is 24.5.